The van der Waals surface area contributed by atoms with Crippen molar-refractivity contribution >= 4 is 23.8 Å². The SMILES string of the molecule is Cc1ccc(CCCC(=O)CC[C@H](NC(=O)N[C@@H](CCC(=O)OC(C)(C)C)C(=O)OC(C)(C)C)C(C)(C)C)cc1. The maximum atomic E-state index is 13.0. The number of benzene rings is 1. The second-order valence-corrected chi connectivity index (χ2v) is 13.7. The van der Waals surface area contributed by atoms with E-state index in [4.69, 9.17) is 9.47 Å². The van der Waals surface area contributed by atoms with E-state index in [0.29, 0.717) is 19.3 Å². The van der Waals surface area contributed by atoms with Crippen LogP contribution in [-0.2, 0) is 30.3 Å². The fourth-order valence-corrected chi connectivity index (χ4v) is 4.03. The molecule has 0 aliphatic carbocycles. The largest absolute Gasteiger partial charge is 0.460 e. The van der Waals surface area contributed by atoms with Crippen LogP contribution in [0, 0.1) is 12.3 Å². The minimum absolute atomic E-state index is 0.0386. The average Bonchev–Trinajstić information content (AvgIpc) is 2.77. The molecule has 0 fully saturated rings. The van der Waals surface area contributed by atoms with E-state index in [9.17, 15) is 19.2 Å². The van der Waals surface area contributed by atoms with Crippen molar-refractivity contribution in [2.24, 2.45) is 5.41 Å². The summed E-state index contributed by atoms with van der Waals surface area (Å²) in [5.74, 6) is -0.924. The number of nitrogens with one attached hydrogen (secondary N) is 2. The monoisotopic (exact) mass is 560 g/mol. The van der Waals surface area contributed by atoms with Gasteiger partial charge in [-0.2, -0.15) is 0 Å². The molecule has 0 unspecified atom stereocenters. The molecular formula is C32H52N2O6. The van der Waals surface area contributed by atoms with Crippen LogP contribution in [-0.4, -0.2) is 47.0 Å². The highest BCUT2D eigenvalue weighted by Gasteiger charge is 2.31. The lowest BCUT2D eigenvalue weighted by atomic mass is 9.83. The Morgan fingerprint density at radius 1 is 0.750 bits per heavy atom. The average molecular weight is 561 g/mol. The number of aryl methyl sites for hydroxylation is 2. The van der Waals surface area contributed by atoms with Crippen LogP contribution in [0.4, 0.5) is 4.79 Å². The van der Waals surface area contributed by atoms with Gasteiger partial charge in [0.05, 0.1) is 0 Å². The number of carbonyl (C=O) groups is 4. The molecule has 0 spiro atoms. The number of hydrogen-bond donors (Lipinski definition) is 2. The third kappa shape index (κ3) is 15.6. The van der Waals surface area contributed by atoms with Crippen LogP contribution in [0.2, 0.25) is 0 Å². The van der Waals surface area contributed by atoms with Gasteiger partial charge >= 0.3 is 18.0 Å². The summed E-state index contributed by atoms with van der Waals surface area (Å²) < 4.78 is 10.8. The predicted octanol–water partition coefficient (Wildman–Crippen LogP) is 6.21. The van der Waals surface area contributed by atoms with Gasteiger partial charge < -0.3 is 20.1 Å². The van der Waals surface area contributed by atoms with Crippen LogP contribution in [0.15, 0.2) is 24.3 Å². The molecule has 8 heteroatoms. The van der Waals surface area contributed by atoms with E-state index in [-0.39, 0.29) is 30.1 Å². The first-order valence-electron chi connectivity index (χ1n) is 14.3. The molecule has 0 aliphatic heterocycles. The molecule has 1 aromatic carbocycles. The minimum Gasteiger partial charge on any atom is -0.460 e. The molecular weight excluding hydrogens is 508 g/mol. The zero-order valence-electron chi connectivity index (χ0n) is 26.4. The maximum absolute atomic E-state index is 13.0. The quantitative estimate of drug-likeness (QED) is 0.277. The molecule has 8 nitrogen and oxygen atoms in total. The molecule has 2 atom stereocenters. The summed E-state index contributed by atoms with van der Waals surface area (Å²) in [6.45, 7) is 18.6. The zero-order valence-corrected chi connectivity index (χ0v) is 26.4. The maximum Gasteiger partial charge on any atom is 0.329 e. The molecule has 2 amide bonds. The molecule has 226 valence electrons. The summed E-state index contributed by atoms with van der Waals surface area (Å²) in [7, 11) is 0. The first-order chi connectivity index (χ1) is 18.2. The summed E-state index contributed by atoms with van der Waals surface area (Å²) >= 11 is 0. The molecule has 0 saturated heterocycles. The first-order valence-corrected chi connectivity index (χ1v) is 14.3. The highest BCUT2D eigenvalue weighted by atomic mass is 16.6. The van der Waals surface area contributed by atoms with Gasteiger partial charge in [-0.3, -0.25) is 9.59 Å². The number of esters is 2. The van der Waals surface area contributed by atoms with Crippen LogP contribution in [0.5, 0.6) is 0 Å². The molecule has 0 radical (unpaired) electrons. The molecule has 40 heavy (non-hydrogen) atoms. The number of Topliss-reactive ketones (excluding diaryl/α,β-unsaturated/α-hetero) is 1. The highest BCUT2D eigenvalue weighted by molar-refractivity contribution is 5.84. The first kappa shape index (κ1) is 35.1. The number of urea groups is 1. The number of hydrogen-bond acceptors (Lipinski definition) is 6. The number of carbonyl (C=O) groups excluding carboxylic acids is 4. The van der Waals surface area contributed by atoms with Gasteiger partial charge in [-0.1, -0.05) is 50.6 Å². The van der Waals surface area contributed by atoms with Crippen molar-refractivity contribution < 1.29 is 28.7 Å². The third-order valence-electron chi connectivity index (χ3n) is 6.16. The Morgan fingerprint density at radius 3 is 1.85 bits per heavy atom. The molecule has 0 saturated carbocycles. The summed E-state index contributed by atoms with van der Waals surface area (Å²) in [5.41, 5.74) is 0.701. The lowest BCUT2D eigenvalue weighted by Crippen LogP contribution is -2.53. The lowest BCUT2D eigenvalue weighted by Gasteiger charge is -2.32. The third-order valence-corrected chi connectivity index (χ3v) is 6.16. The molecule has 2 N–H and O–H groups in total. The Hall–Kier alpha value is -2.90. The van der Waals surface area contributed by atoms with E-state index in [2.05, 4.69) is 41.8 Å². The predicted molar refractivity (Wildman–Crippen MR) is 158 cm³/mol. The summed E-state index contributed by atoms with van der Waals surface area (Å²) in [4.78, 5) is 50.7. The molecule has 0 aliphatic rings. The Bertz CT molecular complexity index is 981. The van der Waals surface area contributed by atoms with Gasteiger partial charge in [0.1, 0.15) is 23.0 Å². The van der Waals surface area contributed by atoms with Gasteiger partial charge in [0.25, 0.3) is 0 Å². The van der Waals surface area contributed by atoms with Crippen molar-refractivity contribution in [2.45, 2.75) is 137 Å². The molecule has 1 rings (SSSR count). The molecule has 1 aromatic rings. The van der Waals surface area contributed by atoms with Crippen molar-refractivity contribution in [1.29, 1.82) is 0 Å². The standard InChI is InChI=1S/C32H52N2O6/c1-22-14-16-23(17-15-22)12-11-13-24(35)18-20-26(30(2,3)4)34-29(38)33-25(28(37)40-32(8,9)10)19-21-27(36)39-31(5,6)7/h14-17,25-26H,11-13,18-21H2,1-10H3,(H2,33,34,38)/t25-,26-/m0/s1. The Kier molecular flexibility index (Phi) is 13.3. The van der Waals surface area contributed by atoms with Crippen molar-refractivity contribution in [3.63, 3.8) is 0 Å². The Balaban J connectivity index is 2.74. The van der Waals surface area contributed by atoms with Gasteiger partial charge in [-0.15, -0.1) is 0 Å². The fourth-order valence-electron chi connectivity index (χ4n) is 4.03. The summed E-state index contributed by atoms with van der Waals surface area (Å²) in [5, 5.41) is 5.63. The van der Waals surface area contributed by atoms with E-state index >= 15 is 0 Å². The van der Waals surface area contributed by atoms with E-state index in [1.165, 1.54) is 11.1 Å². The molecule has 0 aromatic heterocycles. The highest BCUT2D eigenvalue weighted by Crippen LogP contribution is 2.24. The lowest BCUT2D eigenvalue weighted by molar-refractivity contribution is -0.158. The van der Waals surface area contributed by atoms with Gasteiger partial charge in [-0.05, 0) is 85.1 Å². The van der Waals surface area contributed by atoms with Crippen molar-refractivity contribution in [3.05, 3.63) is 35.4 Å². The van der Waals surface area contributed by atoms with E-state index in [1.54, 1.807) is 41.5 Å². The van der Waals surface area contributed by atoms with E-state index in [0.717, 1.165) is 12.8 Å². The zero-order chi connectivity index (χ0) is 30.7. The second kappa shape index (κ2) is 15.2. The van der Waals surface area contributed by atoms with Crippen molar-refractivity contribution in [2.75, 3.05) is 0 Å². The minimum atomic E-state index is -1.03. The molecule has 0 bridgehead atoms. The fraction of sp³-hybridized carbons (Fsp3) is 0.688. The smallest absolute Gasteiger partial charge is 0.329 e. The topological polar surface area (TPSA) is 111 Å². The van der Waals surface area contributed by atoms with Crippen molar-refractivity contribution in [1.82, 2.24) is 10.6 Å². The van der Waals surface area contributed by atoms with Crippen LogP contribution in [0.3, 0.4) is 0 Å². The van der Waals surface area contributed by atoms with Crippen LogP contribution in [0.1, 0.15) is 112 Å². The summed E-state index contributed by atoms with van der Waals surface area (Å²) in [6, 6.07) is 6.45. The van der Waals surface area contributed by atoms with Crippen molar-refractivity contribution in [3.8, 4) is 0 Å². The van der Waals surface area contributed by atoms with Gasteiger partial charge in [0, 0.05) is 25.3 Å². The summed E-state index contributed by atoms with van der Waals surface area (Å²) in [6.07, 6.45) is 2.94. The van der Waals surface area contributed by atoms with Crippen LogP contribution in [0.25, 0.3) is 0 Å². The Morgan fingerprint density at radius 2 is 1.32 bits per heavy atom. The van der Waals surface area contributed by atoms with Gasteiger partial charge in [0.2, 0.25) is 0 Å². The molecule has 0 heterocycles. The van der Waals surface area contributed by atoms with E-state index < -0.39 is 35.2 Å². The number of amides is 2. The Labute approximate surface area is 241 Å². The normalized spacial score (nSPS) is 13.7. The van der Waals surface area contributed by atoms with Gasteiger partial charge in [0.15, 0.2) is 0 Å². The van der Waals surface area contributed by atoms with Crippen LogP contribution >= 0.6 is 0 Å². The number of ketones is 1. The second-order valence-electron chi connectivity index (χ2n) is 13.7. The van der Waals surface area contributed by atoms with E-state index in [1.807, 2.05) is 20.8 Å². The van der Waals surface area contributed by atoms with Crippen LogP contribution < -0.4 is 10.6 Å². The van der Waals surface area contributed by atoms with Gasteiger partial charge in [-0.25, -0.2) is 9.59 Å². The number of rotatable bonds is 13. The number of ether oxygens (including phenoxy) is 2.